The van der Waals surface area contributed by atoms with Crippen molar-refractivity contribution in [1.82, 2.24) is 0 Å². The summed E-state index contributed by atoms with van der Waals surface area (Å²) in [5.41, 5.74) is 2.04. The predicted molar refractivity (Wildman–Crippen MR) is 109 cm³/mol. The fourth-order valence-electron chi connectivity index (χ4n) is 3.51. The number of amides is 1. The lowest BCUT2D eigenvalue weighted by Crippen LogP contribution is -2.11. The molecule has 0 saturated heterocycles. The van der Waals surface area contributed by atoms with Gasteiger partial charge in [0.1, 0.15) is 16.8 Å². The average molecular weight is 407 g/mol. The number of hydrogen-bond donors (Lipinski definition) is 1. The Morgan fingerprint density at radius 2 is 2.21 bits per heavy atom. The summed E-state index contributed by atoms with van der Waals surface area (Å²) in [5, 5.41) is 23.9. The maximum Gasteiger partial charge on any atom is 0.292 e. The highest BCUT2D eigenvalue weighted by atomic mass is 32.1. The van der Waals surface area contributed by atoms with E-state index in [1.807, 2.05) is 0 Å². The van der Waals surface area contributed by atoms with Crippen LogP contribution in [0.4, 0.5) is 10.7 Å². The Hall–Kier alpha value is -3.44. The molecule has 0 saturated carbocycles. The number of nitriles is 1. The Balaban J connectivity index is 1.57. The standard InChI is InChI=1S/C21H17N3O4S/c1-12-5-6-15-16(11-22)21(29-19(15)9-12)23-20(25)18-8-7-17(28-18)13-3-2-4-14(10-13)24(26)27/h2-4,7-8,10,12H,5-6,9H2,1H3,(H,23,25). The molecule has 1 unspecified atom stereocenters. The molecule has 4 rings (SSSR count). The minimum absolute atomic E-state index is 0.0537. The van der Waals surface area contributed by atoms with Crippen molar-refractivity contribution in [3.8, 4) is 17.4 Å². The minimum Gasteiger partial charge on any atom is -0.451 e. The van der Waals surface area contributed by atoms with E-state index in [-0.39, 0.29) is 11.4 Å². The van der Waals surface area contributed by atoms with Crippen LogP contribution in [-0.4, -0.2) is 10.8 Å². The highest BCUT2D eigenvalue weighted by molar-refractivity contribution is 7.16. The highest BCUT2D eigenvalue weighted by Crippen LogP contribution is 2.39. The van der Waals surface area contributed by atoms with E-state index in [4.69, 9.17) is 4.42 Å². The molecular weight excluding hydrogens is 390 g/mol. The third-order valence-corrected chi connectivity index (χ3v) is 6.19. The first-order valence-electron chi connectivity index (χ1n) is 9.17. The molecule has 0 spiro atoms. The molecule has 1 aliphatic rings. The molecule has 0 radical (unpaired) electrons. The zero-order valence-electron chi connectivity index (χ0n) is 15.6. The van der Waals surface area contributed by atoms with Gasteiger partial charge in [0.25, 0.3) is 11.6 Å². The van der Waals surface area contributed by atoms with Crippen LogP contribution in [0.15, 0.2) is 40.8 Å². The highest BCUT2D eigenvalue weighted by Gasteiger charge is 2.25. The van der Waals surface area contributed by atoms with Gasteiger partial charge >= 0.3 is 0 Å². The fourth-order valence-corrected chi connectivity index (χ4v) is 4.87. The molecule has 0 bridgehead atoms. The van der Waals surface area contributed by atoms with E-state index in [9.17, 15) is 20.2 Å². The number of benzene rings is 1. The molecule has 1 aromatic carbocycles. The lowest BCUT2D eigenvalue weighted by molar-refractivity contribution is -0.384. The molecule has 0 fully saturated rings. The van der Waals surface area contributed by atoms with Crippen molar-refractivity contribution >= 4 is 27.9 Å². The van der Waals surface area contributed by atoms with Gasteiger partial charge in [-0.1, -0.05) is 19.1 Å². The van der Waals surface area contributed by atoms with Crippen molar-refractivity contribution in [3.63, 3.8) is 0 Å². The number of carbonyl (C=O) groups is 1. The van der Waals surface area contributed by atoms with Gasteiger partial charge in [-0.15, -0.1) is 11.3 Å². The van der Waals surface area contributed by atoms with Crippen molar-refractivity contribution in [2.24, 2.45) is 5.92 Å². The Kier molecular flexibility index (Phi) is 4.91. The third kappa shape index (κ3) is 3.65. The van der Waals surface area contributed by atoms with Crippen LogP contribution >= 0.6 is 11.3 Å². The lowest BCUT2D eigenvalue weighted by Gasteiger charge is -2.17. The maximum atomic E-state index is 12.7. The Labute approximate surface area is 170 Å². The second-order valence-electron chi connectivity index (χ2n) is 7.09. The molecule has 29 heavy (non-hydrogen) atoms. The molecule has 1 atom stereocenters. The molecule has 146 valence electrons. The van der Waals surface area contributed by atoms with Gasteiger partial charge in [-0.25, -0.2) is 0 Å². The SMILES string of the molecule is CC1CCc2c(sc(NC(=O)c3ccc(-c4cccc([N+](=O)[O-])c4)o3)c2C#N)C1. The number of furan rings is 1. The number of non-ortho nitro benzene ring substituents is 1. The Morgan fingerprint density at radius 1 is 1.38 bits per heavy atom. The maximum absolute atomic E-state index is 12.7. The first kappa shape index (κ1) is 18.9. The van der Waals surface area contributed by atoms with Crippen LogP contribution in [0.2, 0.25) is 0 Å². The van der Waals surface area contributed by atoms with Gasteiger partial charge in [-0.2, -0.15) is 5.26 Å². The van der Waals surface area contributed by atoms with Gasteiger partial charge < -0.3 is 9.73 Å². The van der Waals surface area contributed by atoms with Gasteiger partial charge in [-0.05, 0) is 42.9 Å². The Bertz CT molecular complexity index is 1160. The molecule has 8 heteroatoms. The normalized spacial score (nSPS) is 15.4. The second-order valence-corrected chi connectivity index (χ2v) is 8.20. The molecular formula is C21H17N3O4S. The summed E-state index contributed by atoms with van der Waals surface area (Å²) >= 11 is 1.45. The number of rotatable bonds is 4. The molecule has 7 nitrogen and oxygen atoms in total. The third-order valence-electron chi connectivity index (χ3n) is 5.02. The number of nitro benzene ring substituents is 1. The first-order valence-corrected chi connectivity index (χ1v) is 9.98. The number of carbonyl (C=O) groups excluding carboxylic acids is 1. The molecule has 2 aromatic heterocycles. The summed E-state index contributed by atoms with van der Waals surface area (Å²) < 4.78 is 5.62. The van der Waals surface area contributed by atoms with Crippen LogP contribution in [0, 0.1) is 27.4 Å². The van der Waals surface area contributed by atoms with Crippen LogP contribution in [-0.2, 0) is 12.8 Å². The molecule has 1 amide bonds. The molecule has 2 heterocycles. The predicted octanol–water partition coefficient (Wildman–Crippen LogP) is 5.17. The number of fused-ring (bicyclic) bond motifs is 1. The summed E-state index contributed by atoms with van der Waals surface area (Å²) in [5.74, 6) is 0.553. The van der Waals surface area contributed by atoms with E-state index < -0.39 is 10.8 Å². The van der Waals surface area contributed by atoms with Crippen molar-refractivity contribution in [2.45, 2.75) is 26.2 Å². The van der Waals surface area contributed by atoms with Gasteiger partial charge in [0.15, 0.2) is 5.76 Å². The van der Waals surface area contributed by atoms with E-state index in [0.29, 0.717) is 27.8 Å². The van der Waals surface area contributed by atoms with Gasteiger partial charge in [0.2, 0.25) is 0 Å². The Morgan fingerprint density at radius 3 is 2.97 bits per heavy atom. The van der Waals surface area contributed by atoms with Crippen molar-refractivity contribution in [2.75, 3.05) is 5.32 Å². The number of anilines is 1. The van der Waals surface area contributed by atoms with E-state index >= 15 is 0 Å². The zero-order valence-corrected chi connectivity index (χ0v) is 16.4. The van der Waals surface area contributed by atoms with Gasteiger partial charge in [0.05, 0.1) is 10.5 Å². The van der Waals surface area contributed by atoms with E-state index in [1.165, 1.54) is 29.5 Å². The number of nitrogens with one attached hydrogen (secondary N) is 1. The van der Waals surface area contributed by atoms with E-state index in [1.54, 1.807) is 18.2 Å². The van der Waals surface area contributed by atoms with Crippen molar-refractivity contribution in [1.29, 1.82) is 5.26 Å². The van der Waals surface area contributed by atoms with Crippen LogP contribution in [0.25, 0.3) is 11.3 Å². The summed E-state index contributed by atoms with van der Waals surface area (Å²) in [4.78, 5) is 24.3. The summed E-state index contributed by atoms with van der Waals surface area (Å²) in [6.07, 6.45) is 2.81. The summed E-state index contributed by atoms with van der Waals surface area (Å²) in [6, 6.07) is 11.4. The fraction of sp³-hybridized carbons (Fsp3) is 0.238. The molecule has 1 aliphatic carbocycles. The van der Waals surface area contributed by atoms with Crippen molar-refractivity contribution in [3.05, 3.63) is 68.3 Å². The van der Waals surface area contributed by atoms with Crippen LogP contribution in [0.5, 0.6) is 0 Å². The average Bonchev–Trinajstić information content (AvgIpc) is 3.32. The second kappa shape index (κ2) is 7.53. The number of nitrogens with zero attached hydrogens (tertiary/aromatic N) is 2. The topological polar surface area (TPSA) is 109 Å². The lowest BCUT2D eigenvalue weighted by atomic mass is 9.89. The summed E-state index contributed by atoms with van der Waals surface area (Å²) in [6.45, 7) is 2.19. The number of hydrogen-bond acceptors (Lipinski definition) is 6. The number of nitro groups is 1. The smallest absolute Gasteiger partial charge is 0.292 e. The molecule has 0 aliphatic heterocycles. The number of thiophene rings is 1. The van der Waals surface area contributed by atoms with Crippen LogP contribution in [0.1, 0.15) is 39.9 Å². The van der Waals surface area contributed by atoms with Crippen LogP contribution in [0.3, 0.4) is 0 Å². The molecule has 3 aromatic rings. The molecule has 1 N–H and O–H groups in total. The van der Waals surface area contributed by atoms with Crippen molar-refractivity contribution < 1.29 is 14.1 Å². The summed E-state index contributed by atoms with van der Waals surface area (Å²) in [7, 11) is 0. The zero-order chi connectivity index (χ0) is 20.5. The minimum atomic E-state index is -0.483. The first-order chi connectivity index (χ1) is 14.0. The van der Waals surface area contributed by atoms with Crippen LogP contribution < -0.4 is 5.32 Å². The largest absolute Gasteiger partial charge is 0.451 e. The van der Waals surface area contributed by atoms with Gasteiger partial charge in [-0.3, -0.25) is 14.9 Å². The van der Waals surface area contributed by atoms with Gasteiger partial charge in [0, 0.05) is 22.6 Å². The monoisotopic (exact) mass is 407 g/mol. The van der Waals surface area contributed by atoms with E-state index in [0.717, 1.165) is 29.7 Å². The quantitative estimate of drug-likeness (QED) is 0.474. The van der Waals surface area contributed by atoms with E-state index in [2.05, 4.69) is 18.3 Å².